The van der Waals surface area contributed by atoms with E-state index in [2.05, 4.69) is 34.7 Å². The van der Waals surface area contributed by atoms with Crippen LogP contribution in [0.3, 0.4) is 0 Å². The molecule has 0 saturated heterocycles. The second kappa shape index (κ2) is 15.0. The number of rotatable bonds is 13. The average Bonchev–Trinajstić information content (AvgIpc) is 3.49. The summed E-state index contributed by atoms with van der Waals surface area (Å²) in [7, 11) is 0. The topological polar surface area (TPSA) is 75.1 Å². The van der Waals surface area contributed by atoms with E-state index in [1.54, 1.807) is 0 Å². The van der Waals surface area contributed by atoms with Crippen LogP contribution in [0.25, 0.3) is 0 Å². The molecule has 6 nitrogen and oxygen atoms in total. The Morgan fingerprint density at radius 3 is 2.61 bits per heavy atom. The van der Waals surface area contributed by atoms with E-state index in [1.807, 2.05) is 25.1 Å². The molecule has 28 heavy (non-hydrogen) atoms. The summed E-state index contributed by atoms with van der Waals surface area (Å²) in [6, 6.07) is 10.2. The van der Waals surface area contributed by atoms with Gasteiger partial charge in [0, 0.05) is 26.2 Å². The van der Waals surface area contributed by atoms with Crippen LogP contribution < -0.4 is 10.6 Å². The molecule has 0 aromatic heterocycles. The van der Waals surface area contributed by atoms with Gasteiger partial charge in [0.05, 0.1) is 25.9 Å². The van der Waals surface area contributed by atoms with Crippen LogP contribution in [0.15, 0.2) is 35.3 Å². The van der Waals surface area contributed by atoms with Gasteiger partial charge in [-0.2, -0.15) is 0 Å². The molecular formula is C21H36IN3O3. The Morgan fingerprint density at radius 2 is 1.93 bits per heavy atom. The molecule has 0 radical (unpaired) electrons. The fourth-order valence-corrected chi connectivity index (χ4v) is 2.52. The molecule has 1 aliphatic carbocycles. The van der Waals surface area contributed by atoms with Gasteiger partial charge in [-0.3, -0.25) is 4.99 Å². The molecule has 1 aromatic carbocycles. The van der Waals surface area contributed by atoms with Gasteiger partial charge in [0.2, 0.25) is 0 Å². The number of nitrogens with zero attached hydrogens (tertiary/aromatic N) is 1. The standard InChI is InChI=1S/C21H35N3O3.HI/c1-3-22-21(24-12-20(25)16-27-15-19-9-10-19)23-11-17(2)13-26-14-18-7-5-4-6-8-18;/h4-8,17,19-20,25H,3,9-16H2,1-2H3,(H2,22,23,24);1H. The van der Waals surface area contributed by atoms with Crippen molar-refractivity contribution in [2.24, 2.45) is 16.8 Å². The third-order valence-corrected chi connectivity index (χ3v) is 4.29. The van der Waals surface area contributed by atoms with Crippen molar-refractivity contribution in [1.82, 2.24) is 10.6 Å². The monoisotopic (exact) mass is 505 g/mol. The third kappa shape index (κ3) is 11.8. The van der Waals surface area contributed by atoms with Crippen molar-refractivity contribution in [3.8, 4) is 0 Å². The maximum atomic E-state index is 10.0. The quantitative estimate of drug-likeness (QED) is 0.219. The van der Waals surface area contributed by atoms with Gasteiger partial charge in [-0.15, -0.1) is 24.0 Å². The number of aliphatic hydroxyl groups excluding tert-OH is 1. The van der Waals surface area contributed by atoms with Crippen LogP contribution in [0.1, 0.15) is 32.3 Å². The molecule has 2 rings (SSSR count). The number of aliphatic imine (C=N–C) groups is 1. The summed E-state index contributed by atoms with van der Waals surface area (Å²) in [6.07, 6.45) is 2.00. The van der Waals surface area contributed by atoms with Gasteiger partial charge in [0.15, 0.2) is 5.96 Å². The normalized spacial score (nSPS) is 16.2. The summed E-state index contributed by atoms with van der Waals surface area (Å²) in [4.78, 5) is 4.59. The minimum Gasteiger partial charge on any atom is -0.389 e. The SMILES string of the molecule is CCNC(=NCC(C)COCc1ccccc1)NCC(O)COCC1CC1.I. The Hall–Kier alpha value is -0.900. The second-order valence-corrected chi connectivity index (χ2v) is 7.34. The van der Waals surface area contributed by atoms with Crippen LogP contribution >= 0.6 is 24.0 Å². The van der Waals surface area contributed by atoms with Crippen molar-refractivity contribution >= 4 is 29.9 Å². The lowest BCUT2D eigenvalue weighted by Crippen LogP contribution is -2.42. The summed E-state index contributed by atoms with van der Waals surface area (Å²) in [5.74, 6) is 1.75. The second-order valence-electron chi connectivity index (χ2n) is 7.34. The fourth-order valence-electron chi connectivity index (χ4n) is 2.52. The summed E-state index contributed by atoms with van der Waals surface area (Å²) in [5.41, 5.74) is 1.18. The van der Waals surface area contributed by atoms with E-state index >= 15 is 0 Å². The maximum Gasteiger partial charge on any atom is 0.191 e. The third-order valence-electron chi connectivity index (χ3n) is 4.29. The molecule has 1 fully saturated rings. The maximum absolute atomic E-state index is 10.0. The molecule has 0 heterocycles. The summed E-state index contributed by atoms with van der Waals surface area (Å²) in [6.45, 7) is 8.44. The molecule has 7 heteroatoms. The lowest BCUT2D eigenvalue weighted by atomic mass is 10.2. The van der Waals surface area contributed by atoms with Gasteiger partial charge in [-0.25, -0.2) is 0 Å². The van der Waals surface area contributed by atoms with E-state index in [0.717, 1.165) is 19.1 Å². The highest BCUT2D eigenvalue weighted by Crippen LogP contribution is 2.28. The number of benzene rings is 1. The molecule has 0 bridgehead atoms. The summed E-state index contributed by atoms with van der Waals surface area (Å²) < 4.78 is 11.3. The summed E-state index contributed by atoms with van der Waals surface area (Å²) >= 11 is 0. The van der Waals surface area contributed by atoms with Crippen molar-refractivity contribution in [3.63, 3.8) is 0 Å². The highest BCUT2D eigenvalue weighted by atomic mass is 127. The zero-order valence-electron chi connectivity index (χ0n) is 17.1. The zero-order valence-corrected chi connectivity index (χ0v) is 19.4. The molecule has 3 N–H and O–H groups in total. The van der Waals surface area contributed by atoms with Gasteiger partial charge in [0.25, 0.3) is 0 Å². The number of halogens is 1. The van der Waals surface area contributed by atoms with Gasteiger partial charge >= 0.3 is 0 Å². The van der Waals surface area contributed by atoms with Gasteiger partial charge in [0.1, 0.15) is 0 Å². The van der Waals surface area contributed by atoms with Crippen LogP contribution in [0.5, 0.6) is 0 Å². The van der Waals surface area contributed by atoms with Crippen molar-refractivity contribution in [1.29, 1.82) is 0 Å². The average molecular weight is 505 g/mol. The first-order valence-corrected chi connectivity index (χ1v) is 10.1. The highest BCUT2D eigenvalue weighted by Gasteiger charge is 2.21. The Kier molecular flexibility index (Phi) is 13.5. The van der Waals surface area contributed by atoms with E-state index < -0.39 is 6.10 Å². The molecule has 0 amide bonds. The van der Waals surface area contributed by atoms with Crippen LogP contribution in [-0.2, 0) is 16.1 Å². The van der Waals surface area contributed by atoms with Crippen molar-refractivity contribution in [2.75, 3.05) is 39.5 Å². The fraction of sp³-hybridized carbons (Fsp3) is 0.667. The zero-order chi connectivity index (χ0) is 19.3. The first kappa shape index (κ1) is 25.1. The van der Waals surface area contributed by atoms with Crippen molar-refractivity contribution in [2.45, 2.75) is 39.4 Å². The van der Waals surface area contributed by atoms with Gasteiger partial charge < -0.3 is 25.2 Å². The number of guanidine groups is 1. The number of hydrogen-bond donors (Lipinski definition) is 3. The Balaban J connectivity index is 0.00000392. The Labute approximate surface area is 186 Å². The molecular weight excluding hydrogens is 469 g/mol. The molecule has 2 unspecified atom stereocenters. The lowest BCUT2D eigenvalue weighted by molar-refractivity contribution is 0.0345. The number of ether oxygens (including phenoxy) is 2. The first-order valence-electron chi connectivity index (χ1n) is 10.1. The van der Waals surface area contributed by atoms with Gasteiger partial charge in [-0.05, 0) is 37.2 Å². The van der Waals surface area contributed by atoms with Crippen molar-refractivity contribution in [3.05, 3.63) is 35.9 Å². The number of aliphatic hydroxyl groups is 1. The van der Waals surface area contributed by atoms with Crippen LogP contribution in [0.2, 0.25) is 0 Å². The molecule has 0 spiro atoms. The van der Waals surface area contributed by atoms with Crippen LogP contribution in [0.4, 0.5) is 0 Å². The van der Waals surface area contributed by atoms with Crippen LogP contribution in [0, 0.1) is 11.8 Å². The molecule has 0 aliphatic heterocycles. The van der Waals surface area contributed by atoms with E-state index in [1.165, 1.54) is 18.4 Å². The molecule has 1 saturated carbocycles. The largest absolute Gasteiger partial charge is 0.389 e. The van der Waals surface area contributed by atoms with E-state index in [-0.39, 0.29) is 24.0 Å². The Bertz CT molecular complexity index is 541. The molecule has 1 aliphatic rings. The minimum atomic E-state index is -0.528. The Morgan fingerprint density at radius 1 is 1.18 bits per heavy atom. The predicted octanol–water partition coefficient (Wildman–Crippen LogP) is 2.80. The molecule has 1 aromatic rings. The highest BCUT2D eigenvalue weighted by molar-refractivity contribution is 14.0. The lowest BCUT2D eigenvalue weighted by Gasteiger charge is -2.16. The summed E-state index contributed by atoms with van der Waals surface area (Å²) in [5, 5.41) is 16.4. The first-order chi connectivity index (χ1) is 13.2. The van der Waals surface area contributed by atoms with Crippen molar-refractivity contribution < 1.29 is 14.6 Å². The van der Waals surface area contributed by atoms with E-state index in [4.69, 9.17) is 9.47 Å². The van der Waals surface area contributed by atoms with Crippen LogP contribution in [-0.4, -0.2) is 56.6 Å². The number of nitrogens with one attached hydrogen (secondary N) is 2. The van der Waals surface area contributed by atoms with E-state index in [0.29, 0.717) is 44.8 Å². The minimum absolute atomic E-state index is 0. The smallest absolute Gasteiger partial charge is 0.191 e. The molecule has 160 valence electrons. The van der Waals surface area contributed by atoms with Gasteiger partial charge in [-0.1, -0.05) is 37.3 Å². The predicted molar refractivity (Wildman–Crippen MR) is 124 cm³/mol. The number of hydrogen-bond acceptors (Lipinski definition) is 4. The molecule has 2 atom stereocenters. The van der Waals surface area contributed by atoms with E-state index in [9.17, 15) is 5.11 Å².